The van der Waals surface area contributed by atoms with E-state index in [4.69, 9.17) is 9.68 Å². The largest absolute Gasteiger partial charge is 0.443 e. The molecular formula is C12H15N3O3. The van der Waals surface area contributed by atoms with Crippen molar-refractivity contribution in [1.29, 1.82) is 5.26 Å². The summed E-state index contributed by atoms with van der Waals surface area (Å²) >= 11 is 0. The van der Waals surface area contributed by atoms with Crippen molar-refractivity contribution in [2.45, 2.75) is 27.2 Å². The fourth-order valence-electron chi connectivity index (χ4n) is 1.55. The van der Waals surface area contributed by atoms with Crippen LogP contribution in [0.2, 0.25) is 0 Å². The molecule has 0 saturated carbocycles. The number of urea groups is 1. The predicted molar refractivity (Wildman–Crippen MR) is 65.5 cm³/mol. The Balaban J connectivity index is 2.97. The minimum atomic E-state index is -0.461. The Kier molecular flexibility index (Phi) is 4.49. The normalized spacial score (nSPS) is 9.67. The lowest BCUT2D eigenvalue weighted by molar-refractivity contribution is 0.101. The number of carbonyl (C=O) groups excluding carboxylic acids is 2. The van der Waals surface area contributed by atoms with Crippen molar-refractivity contribution in [3.8, 4) is 6.07 Å². The van der Waals surface area contributed by atoms with Gasteiger partial charge in [-0.2, -0.15) is 5.26 Å². The Hall–Kier alpha value is -2.29. The molecule has 0 atom stereocenters. The van der Waals surface area contributed by atoms with Crippen molar-refractivity contribution in [3.63, 3.8) is 0 Å². The zero-order valence-electron chi connectivity index (χ0n) is 10.6. The van der Waals surface area contributed by atoms with E-state index in [1.54, 1.807) is 6.92 Å². The lowest BCUT2D eigenvalue weighted by Gasteiger charge is -2.03. The molecule has 0 aromatic carbocycles. The Morgan fingerprint density at radius 3 is 2.61 bits per heavy atom. The monoisotopic (exact) mass is 249 g/mol. The van der Waals surface area contributed by atoms with Crippen LogP contribution in [0, 0.1) is 18.3 Å². The minimum absolute atomic E-state index is 0.00815. The second kappa shape index (κ2) is 5.87. The van der Waals surface area contributed by atoms with Gasteiger partial charge in [-0.05, 0) is 20.3 Å². The number of Topliss-reactive ketones (excluding diaryl/α,β-unsaturated/α-hetero) is 1. The molecule has 18 heavy (non-hydrogen) atoms. The van der Waals surface area contributed by atoms with E-state index < -0.39 is 6.03 Å². The van der Waals surface area contributed by atoms with E-state index in [0.29, 0.717) is 12.3 Å². The summed E-state index contributed by atoms with van der Waals surface area (Å²) in [4.78, 5) is 22.8. The van der Waals surface area contributed by atoms with Gasteiger partial charge in [0.25, 0.3) is 0 Å². The van der Waals surface area contributed by atoms with Gasteiger partial charge in [-0.15, -0.1) is 0 Å². The highest BCUT2D eigenvalue weighted by Crippen LogP contribution is 2.26. The molecule has 0 aliphatic heterocycles. The van der Waals surface area contributed by atoms with Crippen LogP contribution in [0.5, 0.6) is 0 Å². The Morgan fingerprint density at radius 1 is 1.44 bits per heavy atom. The van der Waals surface area contributed by atoms with Crippen LogP contribution in [0.15, 0.2) is 4.42 Å². The number of furan rings is 1. The number of hydrogen-bond donors (Lipinski definition) is 2. The summed E-state index contributed by atoms with van der Waals surface area (Å²) in [6.07, 6.45) is 0.800. The highest BCUT2D eigenvalue weighted by atomic mass is 16.4. The second-order valence-electron chi connectivity index (χ2n) is 3.79. The van der Waals surface area contributed by atoms with Gasteiger partial charge >= 0.3 is 6.03 Å². The van der Waals surface area contributed by atoms with Crippen molar-refractivity contribution in [1.82, 2.24) is 5.32 Å². The molecule has 6 heteroatoms. The molecule has 0 bridgehead atoms. The minimum Gasteiger partial charge on any atom is -0.443 e. The molecule has 6 nitrogen and oxygen atoms in total. The number of nitriles is 1. The van der Waals surface area contributed by atoms with Gasteiger partial charge in [0, 0.05) is 6.54 Å². The van der Waals surface area contributed by atoms with E-state index in [9.17, 15) is 9.59 Å². The van der Waals surface area contributed by atoms with Crippen LogP contribution in [0.3, 0.4) is 0 Å². The SMILES string of the molecule is CCCNC(=O)Nc1oc(C)c(C(C)=O)c1C#N. The third-order valence-corrected chi connectivity index (χ3v) is 2.31. The first kappa shape index (κ1) is 13.8. The third kappa shape index (κ3) is 2.88. The fourth-order valence-corrected chi connectivity index (χ4v) is 1.55. The Morgan fingerprint density at radius 2 is 2.11 bits per heavy atom. The molecule has 1 aromatic rings. The second-order valence-corrected chi connectivity index (χ2v) is 3.79. The smallest absolute Gasteiger partial charge is 0.321 e. The topological polar surface area (TPSA) is 95.1 Å². The number of hydrogen-bond acceptors (Lipinski definition) is 4. The summed E-state index contributed by atoms with van der Waals surface area (Å²) in [5.74, 6) is 0.0634. The molecule has 0 fully saturated rings. The van der Waals surface area contributed by atoms with Crippen LogP contribution in [0.25, 0.3) is 0 Å². The molecular weight excluding hydrogens is 234 g/mol. The van der Waals surface area contributed by atoms with Crippen molar-refractivity contribution in [3.05, 3.63) is 16.9 Å². The molecule has 1 aromatic heterocycles. The number of nitrogens with zero attached hydrogens (tertiary/aromatic N) is 1. The molecule has 0 aliphatic rings. The number of nitrogens with one attached hydrogen (secondary N) is 2. The van der Waals surface area contributed by atoms with Gasteiger partial charge in [0.15, 0.2) is 5.78 Å². The Labute approximate surface area is 105 Å². The van der Waals surface area contributed by atoms with Crippen LogP contribution in [0.1, 0.15) is 41.9 Å². The molecule has 0 saturated heterocycles. The van der Waals surface area contributed by atoms with Gasteiger partial charge in [0.05, 0.1) is 5.56 Å². The van der Waals surface area contributed by atoms with Crippen LogP contribution in [0.4, 0.5) is 10.7 Å². The van der Waals surface area contributed by atoms with E-state index in [2.05, 4.69) is 10.6 Å². The van der Waals surface area contributed by atoms with Gasteiger partial charge in [0.2, 0.25) is 5.88 Å². The zero-order chi connectivity index (χ0) is 13.7. The number of ketones is 1. The summed E-state index contributed by atoms with van der Waals surface area (Å²) in [5.41, 5.74) is 0.273. The first-order valence-electron chi connectivity index (χ1n) is 5.60. The van der Waals surface area contributed by atoms with E-state index in [1.807, 2.05) is 13.0 Å². The fraction of sp³-hybridized carbons (Fsp3) is 0.417. The quantitative estimate of drug-likeness (QED) is 0.799. The lowest BCUT2D eigenvalue weighted by Crippen LogP contribution is -2.29. The highest BCUT2D eigenvalue weighted by molar-refractivity contribution is 6.00. The van der Waals surface area contributed by atoms with Gasteiger partial charge in [-0.1, -0.05) is 6.92 Å². The maximum Gasteiger partial charge on any atom is 0.321 e. The number of rotatable bonds is 4. The molecule has 2 amide bonds. The molecule has 0 unspecified atom stereocenters. The summed E-state index contributed by atoms with van der Waals surface area (Å²) in [6, 6.07) is 1.41. The van der Waals surface area contributed by atoms with Gasteiger partial charge < -0.3 is 9.73 Å². The van der Waals surface area contributed by atoms with Gasteiger partial charge in [0.1, 0.15) is 17.4 Å². The van der Waals surface area contributed by atoms with Crippen molar-refractivity contribution in [2.75, 3.05) is 11.9 Å². The van der Waals surface area contributed by atoms with Crippen molar-refractivity contribution in [2.24, 2.45) is 0 Å². The van der Waals surface area contributed by atoms with E-state index in [-0.39, 0.29) is 22.8 Å². The van der Waals surface area contributed by atoms with Crippen LogP contribution < -0.4 is 10.6 Å². The Bertz CT molecular complexity index is 511. The molecule has 0 spiro atoms. The van der Waals surface area contributed by atoms with Crippen LogP contribution >= 0.6 is 0 Å². The van der Waals surface area contributed by atoms with Crippen LogP contribution in [-0.4, -0.2) is 18.4 Å². The van der Waals surface area contributed by atoms with E-state index in [1.165, 1.54) is 6.92 Å². The summed E-state index contributed by atoms with van der Waals surface area (Å²) in [5, 5.41) is 14.0. The van der Waals surface area contributed by atoms with Gasteiger partial charge in [-0.25, -0.2) is 4.79 Å². The number of anilines is 1. The number of amides is 2. The maximum absolute atomic E-state index is 11.5. The molecule has 2 N–H and O–H groups in total. The standard InChI is InChI=1S/C12H15N3O3/c1-4-5-14-12(17)15-11-9(6-13)10(7(2)16)8(3)18-11/h4-5H2,1-3H3,(H2,14,15,17). The summed E-state index contributed by atoms with van der Waals surface area (Å²) < 4.78 is 5.23. The maximum atomic E-state index is 11.5. The zero-order valence-corrected chi connectivity index (χ0v) is 10.6. The van der Waals surface area contributed by atoms with Crippen molar-refractivity contribution >= 4 is 17.7 Å². The molecule has 1 heterocycles. The summed E-state index contributed by atoms with van der Waals surface area (Å²) in [7, 11) is 0. The average Bonchev–Trinajstić information content (AvgIpc) is 2.62. The first-order valence-corrected chi connectivity index (χ1v) is 5.60. The number of carbonyl (C=O) groups is 2. The molecule has 0 radical (unpaired) electrons. The molecule has 0 aliphatic carbocycles. The first-order chi connectivity index (χ1) is 8.51. The van der Waals surface area contributed by atoms with Crippen LogP contribution in [-0.2, 0) is 0 Å². The van der Waals surface area contributed by atoms with Crippen molar-refractivity contribution < 1.29 is 14.0 Å². The van der Waals surface area contributed by atoms with E-state index in [0.717, 1.165) is 6.42 Å². The summed E-state index contributed by atoms with van der Waals surface area (Å²) in [6.45, 7) is 5.37. The van der Waals surface area contributed by atoms with Gasteiger partial charge in [-0.3, -0.25) is 10.1 Å². The van der Waals surface area contributed by atoms with E-state index >= 15 is 0 Å². The third-order valence-electron chi connectivity index (χ3n) is 2.31. The highest BCUT2D eigenvalue weighted by Gasteiger charge is 2.22. The number of aryl methyl sites for hydroxylation is 1. The predicted octanol–water partition coefficient (Wildman–Crippen LogP) is 2.19. The lowest BCUT2D eigenvalue weighted by atomic mass is 10.1. The average molecular weight is 249 g/mol. The molecule has 96 valence electrons. The molecule has 1 rings (SSSR count).